The lowest BCUT2D eigenvalue weighted by atomic mass is 10.1. The Hall–Kier alpha value is -1.48. The van der Waals surface area contributed by atoms with Crippen molar-refractivity contribution in [1.29, 1.82) is 0 Å². The minimum atomic E-state index is -3.56. The molecule has 0 aromatic heterocycles. The van der Waals surface area contributed by atoms with Gasteiger partial charge in [-0.25, -0.2) is 8.42 Å². The second kappa shape index (κ2) is 8.47. The highest BCUT2D eigenvalue weighted by atomic mass is 32.2. The Morgan fingerprint density at radius 2 is 1.88 bits per heavy atom. The Kier molecular flexibility index (Phi) is 6.29. The van der Waals surface area contributed by atoms with Crippen molar-refractivity contribution in [3.8, 4) is 0 Å². The predicted molar refractivity (Wildman–Crippen MR) is 98.7 cm³/mol. The number of carbonyl (C=O) groups excluding carboxylic acids is 1. The molecule has 144 valence electrons. The molecular formula is C18H28N3O4S+. The van der Waals surface area contributed by atoms with Crippen LogP contribution in [-0.4, -0.2) is 64.1 Å². The molecule has 0 radical (unpaired) electrons. The Labute approximate surface area is 155 Å². The molecule has 2 saturated heterocycles. The number of hydrogen-bond donors (Lipinski definition) is 2. The van der Waals surface area contributed by atoms with E-state index in [1.807, 2.05) is 6.92 Å². The van der Waals surface area contributed by atoms with E-state index in [2.05, 4.69) is 5.32 Å². The number of hydrogen-bond acceptors (Lipinski definition) is 4. The molecule has 0 unspecified atom stereocenters. The van der Waals surface area contributed by atoms with Gasteiger partial charge in [-0.15, -0.1) is 0 Å². The molecule has 1 aromatic carbocycles. The summed E-state index contributed by atoms with van der Waals surface area (Å²) in [7, 11) is -3.56. The van der Waals surface area contributed by atoms with Crippen molar-refractivity contribution in [3.05, 3.63) is 24.3 Å². The van der Waals surface area contributed by atoms with E-state index in [0.29, 0.717) is 32.0 Å². The standard InChI is InChI=1S/C18H27N3O4S/c1-15(20-8-3-2-4-9-20)18(22)19-16-6-5-7-17(14-16)26(23,24)21-10-12-25-13-11-21/h5-7,14-15H,2-4,8-13H2,1H3,(H,19,22)/p+1/t15-/m1/s1. The SMILES string of the molecule is C[C@H](C(=O)Nc1cccc(S(=O)(=O)N2CCOCC2)c1)[NH+]1CCCCC1. The van der Waals surface area contributed by atoms with Gasteiger partial charge in [-0.3, -0.25) is 4.79 Å². The topological polar surface area (TPSA) is 80.2 Å². The van der Waals surface area contributed by atoms with Crippen molar-refractivity contribution in [3.63, 3.8) is 0 Å². The number of carbonyl (C=O) groups is 1. The summed E-state index contributed by atoms with van der Waals surface area (Å²) in [5.74, 6) is -0.0668. The van der Waals surface area contributed by atoms with Crippen LogP contribution in [0.5, 0.6) is 0 Å². The molecule has 2 fully saturated rings. The van der Waals surface area contributed by atoms with Gasteiger partial charge >= 0.3 is 0 Å². The van der Waals surface area contributed by atoms with Crippen LogP contribution in [-0.2, 0) is 19.6 Å². The highest BCUT2D eigenvalue weighted by Gasteiger charge is 2.28. The van der Waals surface area contributed by atoms with Crippen LogP contribution in [0.4, 0.5) is 5.69 Å². The first-order valence-electron chi connectivity index (χ1n) is 9.32. The third-order valence-corrected chi connectivity index (χ3v) is 7.11. The molecule has 3 rings (SSSR count). The van der Waals surface area contributed by atoms with E-state index >= 15 is 0 Å². The number of anilines is 1. The lowest BCUT2D eigenvalue weighted by Gasteiger charge is -2.28. The number of quaternary nitrogens is 1. The van der Waals surface area contributed by atoms with E-state index in [9.17, 15) is 13.2 Å². The number of amides is 1. The van der Waals surface area contributed by atoms with E-state index in [1.54, 1.807) is 24.3 Å². The maximum atomic E-state index is 12.8. The van der Waals surface area contributed by atoms with Crippen LogP contribution in [0.1, 0.15) is 26.2 Å². The summed E-state index contributed by atoms with van der Waals surface area (Å²) in [6.45, 7) is 5.49. The molecule has 0 bridgehead atoms. The second-order valence-corrected chi connectivity index (χ2v) is 8.91. The van der Waals surface area contributed by atoms with Gasteiger partial charge < -0.3 is 15.0 Å². The molecule has 1 atom stereocenters. The normalized spacial score (nSPS) is 21.3. The zero-order valence-electron chi connectivity index (χ0n) is 15.2. The number of nitrogens with one attached hydrogen (secondary N) is 2. The molecule has 0 aliphatic carbocycles. The largest absolute Gasteiger partial charge is 0.379 e. The first-order valence-corrected chi connectivity index (χ1v) is 10.8. The third kappa shape index (κ3) is 4.43. The molecule has 1 amide bonds. The fourth-order valence-corrected chi connectivity index (χ4v) is 5.00. The van der Waals surface area contributed by atoms with E-state index in [1.165, 1.54) is 15.6 Å². The smallest absolute Gasteiger partial charge is 0.282 e. The van der Waals surface area contributed by atoms with Crippen molar-refractivity contribution in [1.82, 2.24) is 4.31 Å². The van der Waals surface area contributed by atoms with Gasteiger partial charge in [0, 0.05) is 18.8 Å². The first-order chi connectivity index (χ1) is 12.5. The van der Waals surface area contributed by atoms with E-state index < -0.39 is 10.0 Å². The van der Waals surface area contributed by atoms with Gasteiger partial charge in [-0.2, -0.15) is 4.31 Å². The maximum absolute atomic E-state index is 12.8. The summed E-state index contributed by atoms with van der Waals surface area (Å²) in [5.41, 5.74) is 0.521. The minimum absolute atomic E-state index is 0.0668. The van der Waals surface area contributed by atoms with Crippen molar-refractivity contribution in [2.75, 3.05) is 44.7 Å². The van der Waals surface area contributed by atoms with Gasteiger partial charge in [-0.05, 0) is 44.4 Å². The van der Waals surface area contributed by atoms with Crippen LogP contribution in [0, 0.1) is 0 Å². The van der Waals surface area contributed by atoms with Gasteiger partial charge in [0.05, 0.1) is 31.2 Å². The number of rotatable bonds is 5. The number of nitrogens with zero attached hydrogens (tertiary/aromatic N) is 1. The molecule has 0 spiro atoms. The summed E-state index contributed by atoms with van der Waals surface area (Å²) in [5, 5.41) is 2.89. The summed E-state index contributed by atoms with van der Waals surface area (Å²) >= 11 is 0. The van der Waals surface area contributed by atoms with Crippen molar-refractivity contribution >= 4 is 21.6 Å². The molecule has 2 heterocycles. The lowest BCUT2D eigenvalue weighted by Crippen LogP contribution is -3.17. The highest BCUT2D eigenvalue weighted by Crippen LogP contribution is 2.20. The van der Waals surface area contributed by atoms with E-state index in [4.69, 9.17) is 4.74 Å². The van der Waals surface area contributed by atoms with Gasteiger partial charge in [0.1, 0.15) is 0 Å². The quantitative estimate of drug-likeness (QED) is 0.757. The van der Waals surface area contributed by atoms with Crippen LogP contribution in [0.2, 0.25) is 0 Å². The molecule has 2 N–H and O–H groups in total. The number of sulfonamides is 1. The number of piperidine rings is 1. The Morgan fingerprint density at radius 1 is 1.19 bits per heavy atom. The van der Waals surface area contributed by atoms with Crippen LogP contribution in [0.25, 0.3) is 0 Å². The Balaban J connectivity index is 1.69. The maximum Gasteiger partial charge on any atom is 0.282 e. The molecule has 7 nitrogen and oxygen atoms in total. The predicted octanol–water partition coefficient (Wildman–Crippen LogP) is 0.103. The zero-order valence-corrected chi connectivity index (χ0v) is 16.1. The summed E-state index contributed by atoms with van der Waals surface area (Å²) in [6, 6.07) is 6.37. The highest BCUT2D eigenvalue weighted by molar-refractivity contribution is 7.89. The Bertz CT molecular complexity index is 726. The van der Waals surface area contributed by atoms with Crippen LogP contribution < -0.4 is 10.2 Å². The third-order valence-electron chi connectivity index (χ3n) is 5.21. The lowest BCUT2D eigenvalue weighted by molar-refractivity contribution is -0.918. The van der Waals surface area contributed by atoms with E-state index in [0.717, 1.165) is 25.9 Å². The van der Waals surface area contributed by atoms with Crippen molar-refractivity contribution < 1.29 is 22.8 Å². The van der Waals surface area contributed by atoms with Gasteiger partial charge in [0.2, 0.25) is 10.0 Å². The number of benzene rings is 1. The van der Waals surface area contributed by atoms with Gasteiger partial charge in [0.15, 0.2) is 6.04 Å². The van der Waals surface area contributed by atoms with Gasteiger partial charge in [-0.1, -0.05) is 6.07 Å². The molecule has 26 heavy (non-hydrogen) atoms. The van der Waals surface area contributed by atoms with Crippen molar-refractivity contribution in [2.45, 2.75) is 37.1 Å². The fraction of sp³-hybridized carbons (Fsp3) is 0.611. The number of ether oxygens (including phenoxy) is 1. The van der Waals surface area contributed by atoms with Crippen molar-refractivity contribution in [2.24, 2.45) is 0 Å². The number of morpholine rings is 1. The van der Waals surface area contributed by atoms with Crippen LogP contribution >= 0.6 is 0 Å². The summed E-state index contributed by atoms with van der Waals surface area (Å²) in [4.78, 5) is 14.1. The molecule has 1 aromatic rings. The molecule has 2 aliphatic rings. The minimum Gasteiger partial charge on any atom is -0.379 e. The molecule has 0 saturated carbocycles. The fourth-order valence-electron chi connectivity index (χ4n) is 3.55. The zero-order chi connectivity index (χ0) is 18.6. The monoisotopic (exact) mass is 382 g/mol. The van der Waals surface area contributed by atoms with E-state index in [-0.39, 0.29) is 16.8 Å². The second-order valence-electron chi connectivity index (χ2n) is 6.97. The molecule has 2 aliphatic heterocycles. The van der Waals surface area contributed by atoms with Crippen LogP contribution in [0.15, 0.2) is 29.2 Å². The summed E-state index contributed by atoms with van der Waals surface area (Å²) < 4.78 is 32.2. The Morgan fingerprint density at radius 3 is 2.58 bits per heavy atom. The van der Waals surface area contributed by atoms with Gasteiger partial charge in [0.25, 0.3) is 5.91 Å². The summed E-state index contributed by atoms with van der Waals surface area (Å²) in [6.07, 6.45) is 3.54. The average molecular weight is 383 g/mol. The molecule has 8 heteroatoms. The first kappa shape index (κ1) is 19.3. The average Bonchev–Trinajstić information content (AvgIpc) is 2.69. The number of likely N-dealkylation sites (tertiary alicyclic amines) is 1. The van der Waals surface area contributed by atoms with Crippen LogP contribution in [0.3, 0.4) is 0 Å². The molecular weight excluding hydrogens is 354 g/mol.